The lowest BCUT2D eigenvalue weighted by Gasteiger charge is -1.88. The molecule has 0 spiro atoms. The predicted molar refractivity (Wildman–Crippen MR) is 48.4 cm³/mol. The highest BCUT2D eigenvalue weighted by Gasteiger charge is 2.02. The van der Waals surface area contributed by atoms with Gasteiger partial charge in [0.05, 0.1) is 0 Å². The Balaban J connectivity index is 4.23. The van der Waals surface area contributed by atoms with Gasteiger partial charge in [-0.1, -0.05) is 0 Å². The van der Waals surface area contributed by atoms with E-state index in [4.69, 9.17) is 5.11 Å². The summed E-state index contributed by atoms with van der Waals surface area (Å²) in [5.41, 5.74) is 0. The zero-order valence-corrected chi connectivity index (χ0v) is 8.43. The largest absolute Gasteiger partial charge is 0.477 e. The number of hydrogen-bond donors (Lipinski definition) is 1. The van der Waals surface area contributed by atoms with Crippen molar-refractivity contribution in [1.29, 1.82) is 0 Å². The lowest BCUT2D eigenvalue weighted by atomic mass is 10.5. The summed E-state index contributed by atoms with van der Waals surface area (Å²) in [6.45, 7) is 1.76. The molecular formula is C4H4I2O2. The topological polar surface area (TPSA) is 37.3 Å². The molecule has 0 aromatic rings. The lowest BCUT2D eigenvalue weighted by molar-refractivity contribution is -0.131. The molecule has 0 atom stereocenters. The SMILES string of the molecule is CC(I)=C(I)C(=O)O. The van der Waals surface area contributed by atoms with Crippen LogP contribution in [0.3, 0.4) is 0 Å². The first-order valence-electron chi connectivity index (χ1n) is 1.81. The highest BCUT2D eigenvalue weighted by molar-refractivity contribution is 14.1. The van der Waals surface area contributed by atoms with Crippen molar-refractivity contribution in [1.82, 2.24) is 0 Å². The Bertz CT molecular complexity index is 135. The van der Waals surface area contributed by atoms with E-state index in [0.29, 0.717) is 3.58 Å². The first-order valence-corrected chi connectivity index (χ1v) is 3.96. The maximum absolute atomic E-state index is 10.1. The minimum absolute atomic E-state index is 0.392. The van der Waals surface area contributed by atoms with E-state index >= 15 is 0 Å². The second-order valence-electron chi connectivity index (χ2n) is 1.15. The molecule has 8 heavy (non-hydrogen) atoms. The zero-order chi connectivity index (χ0) is 6.73. The van der Waals surface area contributed by atoms with Crippen molar-refractivity contribution in [3.8, 4) is 0 Å². The van der Waals surface area contributed by atoms with Gasteiger partial charge in [0.1, 0.15) is 3.58 Å². The Labute approximate surface area is 74.6 Å². The second kappa shape index (κ2) is 3.65. The van der Waals surface area contributed by atoms with Gasteiger partial charge in [-0.3, -0.25) is 0 Å². The van der Waals surface area contributed by atoms with Gasteiger partial charge in [-0.2, -0.15) is 0 Å². The molecule has 0 heterocycles. The molecule has 0 radical (unpaired) electrons. The molecule has 4 heteroatoms. The van der Waals surface area contributed by atoms with E-state index in [-0.39, 0.29) is 0 Å². The highest BCUT2D eigenvalue weighted by atomic mass is 127. The third kappa shape index (κ3) is 2.85. The van der Waals surface area contributed by atoms with Gasteiger partial charge in [-0.05, 0) is 52.1 Å². The average Bonchev–Trinajstić information content (AvgIpc) is 1.64. The minimum Gasteiger partial charge on any atom is -0.477 e. The van der Waals surface area contributed by atoms with Crippen LogP contribution < -0.4 is 0 Å². The van der Waals surface area contributed by atoms with Gasteiger partial charge in [0.25, 0.3) is 0 Å². The van der Waals surface area contributed by atoms with Crippen molar-refractivity contribution < 1.29 is 9.90 Å². The molecule has 0 aliphatic rings. The molecule has 2 nitrogen and oxygen atoms in total. The first-order chi connectivity index (χ1) is 3.55. The van der Waals surface area contributed by atoms with E-state index < -0.39 is 5.97 Å². The molecule has 0 saturated heterocycles. The number of allylic oxidation sites excluding steroid dienone is 1. The third-order valence-corrected chi connectivity index (χ3v) is 3.33. The van der Waals surface area contributed by atoms with Crippen molar-refractivity contribution in [3.05, 3.63) is 7.16 Å². The molecule has 0 aliphatic heterocycles. The van der Waals surface area contributed by atoms with Crippen LogP contribution in [0.5, 0.6) is 0 Å². The summed E-state index contributed by atoms with van der Waals surface area (Å²) >= 11 is 3.77. The maximum atomic E-state index is 10.1. The number of carbonyl (C=O) groups is 1. The average molecular weight is 338 g/mol. The van der Waals surface area contributed by atoms with E-state index in [1.165, 1.54) is 0 Å². The van der Waals surface area contributed by atoms with Gasteiger partial charge < -0.3 is 5.11 Å². The number of carboxylic acids is 1. The normalized spacial score (nSPS) is 12.9. The summed E-state index contributed by atoms with van der Waals surface area (Å²) in [6.07, 6.45) is 0. The Morgan fingerprint density at radius 2 is 1.88 bits per heavy atom. The van der Waals surface area contributed by atoms with E-state index in [0.717, 1.165) is 3.58 Å². The molecule has 0 aliphatic carbocycles. The van der Waals surface area contributed by atoms with Gasteiger partial charge in [0, 0.05) is 3.58 Å². The van der Waals surface area contributed by atoms with Crippen molar-refractivity contribution in [2.45, 2.75) is 6.92 Å². The van der Waals surface area contributed by atoms with Crippen LogP contribution in [0.4, 0.5) is 0 Å². The fraction of sp³-hybridized carbons (Fsp3) is 0.250. The van der Waals surface area contributed by atoms with Gasteiger partial charge in [-0.25, -0.2) is 4.79 Å². The van der Waals surface area contributed by atoms with E-state index in [2.05, 4.69) is 0 Å². The Hall–Kier alpha value is 0.670. The summed E-state index contributed by atoms with van der Waals surface area (Å²) in [5, 5.41) is 8.28. The number of halogens is 2. The number of carboxylic acid groups (broad SMARTS) is 1. The molecule has 0 aromatic carbocycles. The van der Waals surface area contributed by atoms with Crippen LogP contribution >= 0.6 is 45.2 Å². The highest BCUT2D eigenvalue weighted by Crippen LogP contribution is 2.17. The number of hydrogen-bond acceptors (Lipinski definition) is 1. The smallest absolute Gasteiger partial charge is 0.342 e. The van der Waals surface area contributed by atoms with Crippen LogP contribution in [-0.4, -0.2) is 11.1 Å². The van der Waals surface area contributed by atoms with E-state index in [1.54, 1.807) is 29.5 Å². The summed E-state index contributed by atoms with van der Waals surface area (Å²) in [6, 6.07) is 0. The fourth-order valence-electron chi connectivity index (χ4n) is 0.147. The zero-order valence-electron chi connectivity index (χ0n) is 4.11. The fourth-order valence-corrected chi connectivity index (χ4v) is 0.378. The van der Waals surface area contributed by atoms with Crippen LogP contribution in [0.2, 0.25) is 0 Å². The Morgan fingerprint density at radius 1 is 1.50 bits per heavy atom. The van der Waals surface area contributed by atoms with Gasteiger partial charge in [0.2, 0.25) is 0 Å². The maximum Gasteiger partial charge on any atom is 0.342 e. The summed E-state index contributed by atoms with van der Waals surface area (Å²) in [7, 11) is 0. The van der Waals surface area contributed by atoms with Crippen LogP contribution in [0.15, 0.2) is 7.16 Å². The van der Waals surface area contributed by atoms with Gasteiger partial charge in [0.15, 0.2) is 0 Å². The Kier molecular flexibility index (Phi) is 3.95. The summed E-state index contributed by atoms with van der Waals surface area (Å²) in [5.74, 6) is -0.850. The number of aliphatic carboxylic acids is 1. The van der Waals surface area contributed by atoms with Crippen LogP contribution in [-0.2, 0) is 4.79 Å². The lowest BCUT2D eigenvalue weighted by Crippen LogP contribution is -1.93. The van der Waals surface area contributed by atoms with E-state index in [9.17, 15) is 4.79 Å². The number of rotatable bonds is 1. The minimum atomic E-state index is -0.850. The quantitative estimate of drug-likeness (QED) is 0.588. The molecule has 0 amide bonds. The molecule has 0 aromatic heterocycles. The summed E-state index contributed by atoms with van der Waals surface area (Å²) < 4.78 is 1.21. The van der Waals surface area contributed by atoms with Crippen molar-refractivity contribution in [2.24, 2.45) is 0 Å². The van der Waals surface area contributed by atoms with Crippen LogP contribution in [0.1, 0.15) is 6.92 Å². The molecule has 0 fully saturated rings. The standard InChI is InChI=1S/C4H4I2O2/c1-2(5)3(6)4(7)8/h1H3,(H,7,8). The predicted octanol–water partition coefficient (Wildman–Crippen LogP) is 2.17. The second-order valence-corrected chi connectivity index (χ2v) is 3.85. The van der Waals surface area contributed by atoms with Crippen molar-refractivity contribution in [2.75, 3.05) is 0 Å². The van der Waals surface area contributed by atoms with Crippen LogP contribution in [0, 0.1) is 0 Å². The van der Waals surface area contributed by atoms with Crippen molar-refractivity contribution >= 4 is 51.2 Å². The molecule has 0 saturated carbocycles. The molecule has 46 valence electrons. The monoisotopic (exact) mass is 338 g/mol. The summed E-state index contributed by atoms with van der Waals surface area (Å²) in [4.78, 5) is 10.1. The van der Waals surface area contributed by atoms with Crippen molar-refractivity contribution in [3.63, 3.8) is 0 Å². The Morgan fingerprint density at radius 3 is 1.88 bits per heavy atom. The molecular weight excluding hydrogens is 334 g/mol. The van der Waals surface area contributed by atoms with Gasteiger partial charge >= 0.3 is 5.97 Å². The first kappa shape index (κ1) is 8.67. The molecule has 0 unspecified atom stereocenters. The van der Waals surface area contributed by atoms with Gasteiger partial charge in [-0.15, -0.1) is 0 Å². The third-order valence-electron chi connectivity index (χ3n) is 0.490. The van der Waals surface area contributed by atoms with Crippen LogP contribution in [0.25, 0.3) is 0 Å². The van der Waals surface area contributed by atoms with E-state index in [1.807, 2.05) is 22.6 Å². The molecule has 0 rings (SSSR count). The molecule has 0 bridgehead atoms. The molecule has 1 N–H and O–H groups in total.